The Balaban J connectivity index is 2.00. The lowest BCUT2D eigenvalue weighted by Crippen LogP contribution is -2.25. The first-order valence-corrected chi connectivity index (χ1v) is 8.14. The first-order valence-electron chi connectivity index (χ1n) is 8.14. The van der Waals surface area contributed by atoms with Gasteiger partial charge in [0.25, 0.3) is 0 Å². The lowest BCUT2D eigenvalue weighted by atomic mass is 10.0. The molecular weight excluding hydrogens is 250 g/mol. The summed E-state index contributed by atoms with van der Waals surface area (Å²) in [5.41, 5.74) is 0. The molecule has 1 heterocycles. The minimum absolute atomic E-state index is 0.0535. The number of likely N-dealkylation sites (tertiary alicyclic amines) is 1. The molecule has 0 aromatic rings. The number of carbonyl (C=O) groups excluding carboxylic acids is 2. The molecule has 0 saturated carbocycles. The second-order valence-corrected chi connectivity index (χ2v) is 5.79. The lowest BCUT2D eigenvalue weighted by molar-refractivity contribution is -0.137. The summed E-state index contributed by atoms with van der Waals surface area (Å²) < 4.78 is 0. The largest absolute Gasteiger partial charge is 0.285 e. The average Bonchev–Trinajstić information content (AvgIpc) is 2.68. The number of hydrogen-bond acceptors (Lipinski definition) is 2. The van der Waals surface area contributed by atoms with Crippen LogP contribution in [0.25, 0.3) is 0 Å². The Kier molecular flexibility index (Phi) is 8.24. The van der Waals surface area contributed by atoms with Crippen LogP contribution in [0.3, 0.4) is 0 Å². The maximum absolute atomic E-state index is 11.7. The molecule has 3 nitrogen and oxygen atoms in total. The zero-order chi connectivity index (χ0) is 14.8. The summed E-state index contributed by atoms with van der Waals surface area (Å²) in [4.78, 5) is 24.3. The van der Waals surface area contributed by atoms with Gasteiger partial charge in [-0.05, 0) is 12.8 Å². The van der Waals surface area contributed by atoms with Gasteiger partial charge in [0.2, 0.25) is 11.8 Å². The molecule has 114 valence electrons. The topological polar surface area (TPSA) is 37.4 Å². The standard InChI is InChI=1S/C17H29NO2/c1-3-4-5-6-7-8-9-10-11-12-13-15-14-16(19)18(2)17(15)20/h12-13,15H,3-11,14H2,1-2H3/b13-12+. The van der Waals surface area contributed by atoms with Crippen LogP contribution in [0.1, 0.15) is 71.1 Å². The molecule has 0 spiro atoms. The number of hydrogen-bond donors (Lipinski definition) is 0. The molecule has 0 aliphatic carbocycles. The fraction of sp³-hybridized carbons (Fsp3) is 0.765. The van der Waals surface area contributed by atoms with Gasteiger partial charge in [0.15, 0.2) is 0 Å². The fourth-order valence-electron chi connectivity index (χ4n) is 2.59. The second-order valence-electron chi connectivity index (χ2n) is 5.79. The van der Waals surface area contributed by atoms with Crippen LogP contribution in [0.15, 0.2) is 12.2 Å². The Bertz CT molecular complexity index is 336. The minimum Gasteiger partial charge on any atom is -0.285 e. The van der Waals surface area contributed by atoms with Crippen molar-refractivity contribution in [3.05, 3.63) is 12.2 Å². The van der Waals surface area contributed by atoms with Gasteiger partial charge in [-0.2, -0.15) is 0 Å². The van der Waals surface area contributed by atoms with Crippen LogP contribution >= 0.6 is 0 Å². The van der Waals surface area contributed by atoms with Gasteiger partial charge in [0.1, 0.15) is 0 Å². The van der Waals surface area contributed by atoms with Gasteiger partial charge in [-0.25, -0.2) is 0 Å². The predicted molar refractivity (Wildman–Crippen MR) is 82.3 cm³/mol. The highest BCUT2D eigenvalue weighted by Gasteiger charge is 2.33. The first kappa shape index (κ1) is 16.9. The Labute approximate surface area is 123 Å². The number of unbranched alkanes of at least 4 members (excludes halogenated alkanes) is 8. The summed E-state index contributed by atoms with van der Waals surface area (Å²) >= 11 is 0. The maximum Gasteiger partial charge on any atom is 0.236 e. The van der Waals surface area contributed by atoms with Gasteiger partial charge in [-0.1, -0.05) is 64.0 Å². The Morgan fingerprint density at radius 3 is 2.20 bits per heavy atom. The fourth-order valence-corrected chi connectivity index (χ4v) is 2.59. The molecule has 0 N–H and O–H groups in total. The first-order chi connectivity index (χ1) is 9.66. The molecule has 1 aliphatic rings. The van der Waals surface area contributed by atoms with Crippen LogP contribution in [0, 0.1) is 5.92 Å². The van der Waals surface area contributed by atoms with E-state index in [0.29, 0.717) is 6.42 Å². The van der Waals surface area contributed by atoms with Crippen molar-refractivity contribution >= 4 is 11.8 Å². The van der Waals surface area contributed by atoms with Gasteiger partial charge in [-0.15, -0.1) is 0 Å². The molecule has 1 atom stereocenters. The SMILES string of the molecule is CCCCCCCCCC/C=C/C1CC(=O)N(C)C1=O. The van der Waals surface area contributed by atoms with Crippen LogP contribution in [0.4, 0.5) is 0 Å². The third-order valence-corrected chi connectivity index (χ3v) is 4.01. The van der Waals surface area contributed by atoms with E-state index >= 15 is 0 Å². The molecule has 0 radical (unpaired) electrons. The van der Waals surface area contributed by atoms with Crippen molar-refractivity contribution in [2.24, 2.45) is 5.92 Å². The van der Waals surface area contributed by atoms with E-state index in [9.17, 15) is 9.59 Å². The molecular formula is C17H29NO2. The molecule has 1 rings (SSSR count). The lowest BCUT2D eigenvalue weighted by Gasteiger charge is -2.04. The Hall–Kier alpha value is -1.12. The summed E-state index contributed by atoms with van der Waals surface area (Å²) in [5.74, 6) is -0.319. The highest BCUT2D eigenvalue weighted by atomic mass is 16.2. The van der Waals surface area contributed by atoms with Crippen LogP contribution < -0.4 is 0 Å². The van der Waals surface area contributed by atoms with Crippen molar-refractivity contribution < 1.29 is 9.59 Å². The summed E-state index contributed by atoms with van der Waals surface area (Å²) in [7, 11) is 1.57. The number of nitrogens with zero attached hydrogens (tertiary/aromatic N) is 1. The molecule has 3 heteroatoms. The Morgan fingerprint density at radius 1 is 1.05 bits per heavy atom. The minimum atomic E-state index is -0.207. The molecule has 1 saturated heterocycles. The Morgan fingerprint density at radius 2 is 1.65 bits per heavy atom. The van der Waals surface area contributed by atoms with Gasteiger partial charge < -0.3 is 0 Å². The van der Waals surface area contributed by atoms with E-state index in [4.69, 9.17) is 0 Å². The zero-order valence-corrected chi connectivity index (χ0v) is 13.1. The highest BCUT2D eigenvalue weighted by Crippen LogP contribution is 2.19. The molecule has 20 heavy (non-hydrogen) atoms. The average molecular weight is 279 g/mol. The van der Waals surface area contributed by atoms with Crippen molar-refractivity contribution in [2.45, 2.75) is 71.1 Å². The third kappa shape index (κ3) is 5.89. The normalized spacial score (nSPS) is 19.5. The van der Waals surface area contributed by atoms with Crippen LogP contribution in [0.2, 0.25) is 0 Å². The van der Waals surface area contributed by atoms with Crippen molar-refractivity contribution in [1.82, 2.24) is 4.90 Å². The van der Waals surface area contributed by atoms with E-state index in [1.807, 2.05) is 6.08 Å². The number of imide groups is 1. The number of amides is 2. The van der Waals surface area contributed by atoms with Gasteiger partial charge >= 0.3 is 0 Å². The molecule has 1 aliphatic heterocycles. The molecule has 0 bridgehead atoms. The van der Waals surface area contributed by atoms with Crippen molar-refractivity contribution in [3.63, 3.8) is 0 Å². The molecule has 0 aromatic heterocycles. The van der Waals surface area contributed by atoms with Gasteiger partial charge in [0, 0.05) is 13.5 Å². The summed E-state index contributed by atoms with van der Waals surface area (Å²) in [6.07, 6.45) is 15.9. The molecule has 0 aromatic carbocycles. The highest BCUT2D eigenvalue weighted by molar-refractivity contribution is 6.04. The quantitative estimate of drug-likeness (QED) is 0.343. The van der Waals surface area contributed by atoms with Crippen molar-refractivity contribution in [2.75, 3.05) is 7.05 Å². The van der Waals surface area contributed by atoms with Crippen molar-refractivity contribution in [3.8, 4) is 0 Å². The van der Waals surface area contributed by atoms with E-state index in [1.54, 1.807) is 7.05 Å². The van der Waals surface area contributed by atoms with E-state index in [1.165, 1.54) is 56.3 Å². The van der Waals surface area contributed by atoms with Crippen LogP contribution in [-0.2, 0) is 9.59 Å². The summed E-state index contributed by atoms with van der Waals surface area (Å²) in [5, 5.41) is 0. The smallest absolute Gasteiger partial charge is 0.236 e. The zero-order valence-electron chi connectivity index (χ0n) is 13.1. The van der Waals surface area contributed by atoms with E-state index in [2.05, 4.69) is 13.0 Å². The third-order valence-electron chi connectivity index (χ3n) is 4.01. The van der Waals surface area contributed by atoms with E-state index in [-0.39, 0.29) is 17.7 Å². The molecule has 1 fully saturated rings. The van der Waals surface area contributed by atoms with Gasteiger partial charge in [0.05, 0.1) is 5.92 Å². The molecule has 1 unspecified atom stereocenters. The summed E-state index contributed by atoms with van der Waals surface area (Å²) in [6.45, 7) is 2.24. The van der Waals surface area contributed by atoms with Crippen molar-refractivity contribution in [1.29, 1.82) is 0 Å². The monoisotopic (exact) mass is 279 g/mol. The predicted octanol–water partition coefficient (Wildman–Crippen LogP) is 4.08. The van der Waals surface area contributed by atoms with Crippen LogP contribution in [-0.4, -0.2) is 23.8 Å². The van der Waals surface area contributed by atoms with E-state index in [0.717, 1.165) is 6.42 Å². The second kappa shape index (κ2) is 9.73. The number of carbonyl (C=O) groups is 2. The summed E-state index contributed by atoms with van der Waals surface area (Å²) in [6, 6.07) is 0. The molecule has 2 amide bonds. The maximum atomic E-state index is 11.7. The van der Waals surface area contributed by atoms with Crippen LogP contribution in [0.5, 0.6) is 0 Å². The van der Waals surface area contributed by atoms with Gasteiger partial charge in [-0.3, -0.25) is 14.5 Å². The van der Waals surface area contributed by atoms with E-state index < -0.39 is 0 Å². The number of allylic oxidation sites excluding steroid dienone is 1. The number of rotatable bonds is 10.